The van der Waals surface area contributed by atoms with E-state index in [1.807, 2.05) is 13.0 Å². The number of rotatable bonds is 3. The van der Waals surface area contributed by atoms with Crippen molar-refractivity contribution in [3.05, 3.63) is 23.9 Å². The van der Waals surface area contributed by atoms with E-state index in [4.69, 9.17) is 13.7 Å². The summed E-state index contributed by atoms with van der Waals surface area (Å²) < 4.78 is 16.0. The van der Waals surface area contributed by atoms with Gasteiger partial charge >= 0.3 is 0 Å². The Bertz CT molecular complexity index is 514. The molecule has 96 valence electrons. The van der Waals surface area contributed by atoms with E-state index in [1.54, 1.807) is 6.26 Å². The Morgan fingerprint density at radius 2 is 2.44 bits per heavy atom. The molecule has 0 radical (unpaired) electrons. The Hall–Kier alpha value is -1.66. The summed E-state index contributed by atoms with van der Waals surface area (Å²) in [5, 5.41) is 7.29. The normalized spacial score (nSPS) is 20.2. The highest BCUT2D eigenvalue weighted by Gasteiger charge is 2.22. The number of nitrogens with one attached hydrogen (secondary N) is 1. The van der Waals surface area contributed by atoms with Crippen LogP contribution in [0.2, 0.25) is 0 Å². The summed E-state index contributed by atoms with van der Waals surface area (Å²) >= 11 is 0. The summed E-state index contributed by atoms with van der Waals surface area (Å²) in [6, 6.07) is 1.86. The van der Waals surface area contributed by atoms with Crippen LogP contribution in [-0.2, 0) is 11.2 Å². The Kier molecular flexibility index (Phi) is 3.12. The van der Waals surface area contributed by atoms with E-state index in [2.05, 4.69) is 15.5 Å². The minimum Gasteiger partial charge on any atom is -0.469 e. The van der Waals surface area contributed by atoms with E-state index < -0.39 is 0 Å². The SMILES string of the molecule is CCc1occc1-c1nc(C2COCCN2)no1. The number of furan rings is 1. The summed E-state index contributed by atoms with van der Waals surface area (Å²) in [7, 11) is 0. The first-order valence-electron chi connectivity index (χ1n) is 6.10. The first kappa shape index (κ1) is 11.4. The maximum absolute atomic E-state index is 5.38. The molecule has 18 heavy (non-hydrogen) atoms. The summed E-state index contributed by atoms with van der Waals surface area (Å²) in [6.07, 6.45) is 2.44. The van der Waals surface area contributed by atoms with Gasteiger partial charge in [-0.3, -0.25) is 0 Å². The lowest BCUT2D eigenvalue weighted by Gasteiger charge is -2.20. The Labute approximate surface area is 104 Å². The van der Waals surface area contributed by atoms with Crippen LogP contribution in [0.1, 0.15) is 24.6 Å². The number of aryl methyl sites for hydroxylation is 1. The van der Waals surface area contributed by atoms with Gasteiger partial charge in [0.25, 0.3) is 5.89 Å². The predicted molar refractivity (Wildman–Crippen MR) is 62.9 cm³/mol. The Balaban J connectivity index is 1.84. The van der Waals surface area contributed by atoms with Crippen LogP contribution in [0.15, 0.2) is 21.3 Å². The molecular formula is C12H15N3O3. The third-order valence-electron chi connectivity index (χ3n) is 2.97. The molecule has 0 amide bonds. The predicted octanol–water partition coefficient (Wildman–Crippen LogP) is 1.55. The van der Waals surface area contributed by atoms with Crippen LogP contribution >= 0.6 is 0 Å². The molecule has 2 aromatic rings. The number of aromatic nitrogens is 2. The van der Waals surface area contributed by atoms with Crippen molar-refractivity contribution in [2.75, 3.05) is 19.8 Å². The summed E-state index contributed by atoms with van der Waals surface area (Å²) in [5.41, 5.74) is 0.868. The summed E-state index contributed by atoms with van der Waals surface area (Å²) in [6.45, 7) is 4.13. The molecule has 0 spiro atoms. The van der Waals surface area contributed by atoms with Crippen molar-refractivity contribution < 1.29 is 13.7 Å². The first-order valence-corrected chi connectivity index (χ1v) is 6.10. The third-order valence-corrected chi connectivity index (χ3v) is 2.97. The van der Waals surface area contributed by atoms with Crippen LogP contribution < -0.4 is 5.32 Å². The fourth-order valence-electron chi connectivity index (χ4n) is 2.02. The van der Waals surface area contributed by atoms with Gasteiger partial charge in [0.1, 0.15) is 5.76 Å². The van der Waals surface area contributed by atoms with Gasteiger partial charge in [0.2, 0.25) is 0 Å². The van der Waals surface area contributed by atoms with Gasteiger partial charge in [-0.1, -0.05) is 12.1 Å². The van der Waals surface area contributed by atoms with Crippen molar-refractivity contribution in [2.24, 2.45) is 0 Å². The second-order valence-corrected chi connectivity index (χ2v) is 4.15. The average molecular weight is 249 g/mol. The highest BCUT2D eigenvalue weighted by molar-refractivity contribution is 5.55. The standard InChI is InChI=1S/C12H15N3O3/c1-2-10-8(3-5-17-10)12-14-11(15-18-12)9-7-16-6-4-13-9/h3,5,9,13H,2,4,6-7H2,1H3. The fraction of sp³-hybridized carbons (Fsp3) is 0.500. The molecule has 6 nitrogen and oxygen atoms in total. The van der Waals surface area contributed by atoms with E-state index in [0.717, 1.165) is 30.9 Å². The highest BCUT2D eigenvalue weighted by Crippen LogP contribution is 2.25. The van der Waals surface area contributed by atoms with E-state index in [0.29, 0.717) is 18.3 Å². The van der Waals surface area contributed by atoms with E-state index in [-0.39, 0.29) is 6.04 Å². The lowest BCUT2D eigenvalue weighted by Crippen LogP contribution is -2.35. The molecule has 1 fully saturated rings. The molecule has 2 aromatic heterocycles. The zero-order valence-electron chi connectivity index (χ0n) is 10.2. The Morgan fingerprint density at radius 3 is 3.22 bits per heavy atom. The molecular weight excluding hydrogens is 234 g/mol. The first-order chi connectivity index (χ1) is 8.88. The molecule has 1 N–H and O–H groups in total. The van der Waals surface area contributed by atoms with Gasteiger partial charge in [0.05, 0.1) is 31.1 Å². The van der Waals surface area contributed by atoms with Crippen molar-refractivity contribution in [1.82, 2.24) is 15.5 Å². The van der Waals surface area contributed by atoms with Crippen LogP contribution in [0.5, 0.6) is 0 Å². The maximum atomic E-state index is 5.38. The zero-order valence-corrected chi connectivity index (χ0v) is 10.2. The van der Waals surface area contributed by atoms with Gasteiger partial charge < -0.3 is 19.0 Å². The minimum absolute atomic E-state index is 0.00762. The topological polar surface area (TPSA) is 73.3 Å². The van der Waals surface area contributed by atoms with Crippen LogP contribution in [-0.4, -0.2) is 29.9 Å². The second kappa shape index (κ2) is 4.91. The molecule has 1 unspecified atom stereocenters. The van der Waals surface area contributed by atoms with Gasteiger partial charge in [0.15, 0.2) is 5.82 Å². The molecule has 0 saturated carbocycles. The average Bonchev–Trinajstić information content (AvgIpc) is 3.08. The monoisotopic (exact) mass is 249 g/mol. The molecule has 1 atom stereocenters. The largest absolute Gasteiger partial charge is 0.469 e. The van der Waals surface area contributed by atoms with E-state index in [1.165, 1.54) is 0 Å². The van der Waals surface area contributed by atoms with E-state index >= 15 is 0 Å². The van der Waals surface area contributed by atoms with E-state index in [9.17, 15) is 0 Å². The molecule has 3 rings (SSSR count). The lowest BCUT2D eigenvalue weighted by atomic mass is 10.2. The zero-order chi connectivity index (χ0) is 12.4. The van der Waals surface area contributed by atoms with Crippen LogP contribution in [0.25, 0.3) is 11.5 Å². The number of morpholine rings is 1. The summed E-state index contributed by atoms with van der Waals surface area (Å²) in [5.74, 6) is 1.99. The maximum Gasteiger partial charge on any atom is 0.261 e. The van der Waals surface area contributed by atoms with Crippen molar-refractivity contribution in [3.63, 3.8) is 0 Å². The van der Waals surface area contributed by atoms with Gasteiger partial charge in [-0.25, -0.2) is 0 Å². The molecule has 0 aromatic carbocycles. The molecule has 0 bridgehead atoms. The minimum atomic E-state index is 0.00762. The van der Waals surface area contributed by atoms with Crippen LogP contribution in [0.3, 0.4) is 0 Å². The molecule has 3 heterocycles. The van der Waals surface area contributed by atoms with Crippen molar-refractivity contribution >= 4 is 0 Å². The quantitative estimate of drug-likeness (QED) is 0.889. The Morgan fingerprint density at radius 1 is 1.50 bits per heavy atom. The molecule has 0 aliphatic carbocycles. The van der Waals surface area contributed by atoms with Gasteiger partial charge in [0, 0.05) is 13.0 Å². The fourth-order valence-corrected chi connectivity index (χ4v) is 2.02. The second-order valence-electron chi connectivity index (χ2n) is 4.15. The molecule has 1 saturated heterocycles. The molecule has 1 aliphatic rings. The lowest BCUT2D eigenvalue weighted by molar-refractivity contribution is 0.0734. The van der Waals surface area contributed by atoms with Crippen molar-refractivity contribution in [3.8, 4) is 11.5 Å². The van der Waals surface area contributed by atoms with Crippen molar-refractivity contribution in [2.45, 2.75) is 19.4 Å². The number of hydrogen-bond acceptors (Lipinski definition) is 6. The van der Waals surface area contributed by atoms with Gasteiger partial charge in [-0.15, -0.1) is 0 Å². The van der Waals surface area contributed by atoms with Crippen LogP contribution in [0, 0.1) is 0 Å². The number of hydrogen-bond donors (Lipinski definition) is 1. The smallest absolute Gasteiger partial charge is 0.261 e. The number of nitrogens with zero attached hydrogens (tertiary/aromatic N) is 2. The van der Waals surface area contributed by atoms with Crippen LogP contribution in [0.4, 0.5) is 0 Å². The summed E-state index contributed by atoms with van der Waals surface area (Å²) in [4.78, 5) is 4.40. The van der Waals surface area contributed by atoms with Gasteiger partial charge in [-0.05, 0) is 6.07 Å². The third kappa shape index (κ3) is 2.04. The van der Waals surface area contributed by atoms with Gasteiger partial charge in [-0.2, -0.15) is 4.98 Å². The van der Waals surface area contributed by atoms with Crippen molar-refractivity contribution in [1.29, 1.82) is 0 Å². The number of ether oxygens (including phenoxy) is 1. The molecule has 6 heteroatoms. The molecule has 1 aliphatic heterocycles. The highest BCUT2D eigenvalue weighted by atomic mass is 16.5.